The third-order valence-corrected chi connectivity index (χ3v) is 4.54. The van der Waals surface area contributed by atoms with Gasteiger partial charge in [-0.25, -0.2) is 0 Å². The number of hydrogen-bond acceptors (Lipinski definition) is 3. The molecule has 0 heterocycles. The zero-order valence-electron chi connectivity index (χ0n) is 12.0. The largest absolute Gasteiger partial charge is 0.409 e. The Morgan fingerprint density at radius 2 is 1.76 bits per heavy atom. The molecule has 4 N–H and O–H groups in total. The van der Waals surface area contributed by atoms with Gasteiger partial charge in [-0.15, -0.1) is 0 Å². The number of anilines is 1. The predicted molar refractivity (Wildman–Crippen MR) is 89.9 cm³/mol. The second kappa shape index (κ2) is 6.63. The van der Waals surface area contributed by atoms with Gasteiger partial charge in [0.05, 0.1) is 0 Å². The van der Waals surface area contributed by atoms with Crippen LogP contribution in [0.5, 0.6) is 0 Å². The quantitative estimate of drug-likeness (QED) is 0.341. The lowest BCUT2D eigenvalue weighted by atomic mass is 10.1. The third-order valence-electron chi connectivity index (χ3n) is 3.29. The van der Waals surface area contributed by atoms with Gasteiger partial charge in [0.1, 0.15) is 0 Å². The second-order valence-electron chi connectivity index (χ2n) is 4.96. The first-order valence-electron chi connectivity index (χ1n) is 6.58. The minimum absolute atomic E-state index is 0.119. The Morgan fingerprint density at radius 3 is 2.29 bits per heavy atom. The highest BCUT2D eigenvalue weighted by molar-refractivity contribution is 9.10. The molecule has 0 spiro atoms. The van der Waals surface area contributed by atoms with Crippen LogP contribution >= 0.6 is 15.9 Å². The van der Waals surface area contributed by atoms with Gasteiger partial charge < -0.3 is 16.3 Å². The van der Waals surface area contributed by atoms with Gasteiger partial charge in [-0.3, -0.25) is 0 Å². The van der Waals surface area contributed by atoms with E-state index in [1.807, 2.05) is 24.3 Å². The summed E-state index contributed by atoms with van der Waals surface area (Å²) in [5, 5.41) is 15.0. The second-order valence-corrected chi connectivity index (χ2v) is 5.75. The van der Waals surface area contributed by atoms with Gasteiger partial charge in [0.25, 0.3) is 0 Å². The molecule has 110 valence electrons. The van der Waals surface area contributed by atoms with Crippen molar-refractivity contribution in [3.8, 4) is 0 Å². The Labute approximate surface area is 132 Å². The molecule has 0 aliphatic rings. The van der Waals surface area contributed by atoms with E-state index in [2.05, 4.69) is 52.4 Å². The van der Waals surface area contributed by atoms with Crippen LogP contribution in [0.2, 0.25) is 0 Å². The molecule has 0 atom stereocenters. The number of hydrogen-bond donors (Lipinski definition) is 3. The Hall–Kier alpha value is -2.01. The number of benzene rings is 2. The van der Waals surface area contributed by atoms with Crippen molar-refractivity contribution in [2.75, 3.05) is 5.32 Å². The van der Waals surface area contributed by atoms with E-state index >= 15 is 0 Å². The standard InChI is InChI=1S/C16H18BrN3O/c1-10-7-14(8-11(2)15(10)17)19-9-12-3-5-13(6-4-12)16(18)20-21/h3-8,19,21H,9H2,1-2H3,(H2,18,20). The van der Waals surface area contributed by atoms with Crippen LogP contribution < -0.4 is 11.1 Å². The molecule has 0 amide bonds. The zero-order valence-corrected chi connectivity index (χ0v) is 13.6. The number of nitrogens with zero attached hydrogens (tertiary/aromatic N) is 1. The monoisotopic (exact) mass is 347 g/mol. The lowest BCUT2D eigenvalue weighted by Gasteiger charge is -2.11. The first-order valence-corrected chi connectivity index (χ1v) is 7.38. The fourth-order valence-electron chi connectivity index (χ4n) is 2.10. The van der Waals surface area contributed by atoms with E-state index < -0.39 is 0 Å². The molecule has 0 saturated heterocycles. The highest BCUT2D eigenvalue weighted by Crippen LogP contribution is 2.25. The molecule has 0 unspecified atom stereocenters. The summed E-state index contributed by atoms with van der Waals surface area (Å²) in [5.74, 6) is 0.119. The van der Waals surface area contributed by atoms with Gasteiger partial charge in [0, 0.05) is 22.3 Å². The molecule has 0 aliphatic heterocycles. The first-order chi connectivity index (χ1) is 10.0. The predicted octanol–water partition coefficient (Wildman–Crippen LogP) is 3.77. The fraction of sp³-hybridized carbons (Fsp3) is 0.188. The average Bonchev–Trinajstić information content (AvgIpc) is 2.50. The van der Waals surface area contributed by atoms with E-state index in [9.17, 15) is 0 Å². The molecule has 5 heteroatoms. The van der Waals surface area contributed by atoms with Gasteiger partial charge in [-0.1, -0.05) is 45.4 Å². The molecule has 4 nitrogen and oxygen atoms in total. The van der Waals surface area contributed by atoms with Crippen LogP contribution in [0.1, 0.15) is 22.3 Å². The Balaban J connectivity index is 2.06. The molecule has 0 radical (unpaired) electrons. The van der Waals surface area contributed by atoms with Gasteiger partial charge in [0.15, 0.2) is 5.84 Å². The van der Waals surface area contributed by atoms with E-state index in [1.54, 1.807) is 0 Å². The summed E-state index contributed by atoms with van der Waals surface area (Å²) in [6.45, 7) is 4.87. The first kappa shape index (κ1) is 15.4. The van der Waals surface area contributed by atoms with Crippen molar-refractivity contribution in [2.24, 2.45) is 10.9 Å². The van der Waals surface area contributed by atoms with Crippen molar-refractivity contribution in [3.05, 3.63) is 63.1 Å². The molecular formula is C16H18BrN3O. The summed E-state index contributed by atoms with van der Waals surface area (Å²) in [6, 6.07) is 11.8. The van der Waals surface area contributed by atoms with Crippen molar-refractivity contribution in [3.63, 3.8) is 0 Å². The number of oxime groups is 1. The summed E-state index contributed by atoms with van der Waals surface area (Å²) in [7, 11) is 0. The zero-order chi connectivity index (χ0) is 15.4. The maximum atomic E-state index is 8.63. The van der Waals surface area contributed by atoms with Gasteiger partial charge >= 0.3 is 0 Å². The molecule has 2 rings (SSSR count). The topological polar surface area (TPSA) is 70.6 Å². The number of amidine groups is 1. The van der Waals surface area contributed by atoms with E-state index in [0.29, 0.717) is 5.56 Å². The maximum absolute atomic E-state index is 8.63. The van der Waals surface area contributed by atoms with Crippen molar-refractivity contribution < 1.29 is 5.21 Å². The van der Waals surface area contributed by atoms with Crippen molar-refractivity contribution in [1.29, 1.82) is 0 Å². The van der Waals surface area contributed by atoms with Crippen LogP contribution in [0.4, 0.5) is 5.69 Å². The lowest BCUT2D eigenvalue weighted by Crippen LogP contribution is -2.13. The van der Waals surface area contributed by atoms with Crippen LogP contribution in [0, 0.1) is 13.8 Å². The number of rotatable bonds is 4. The lowest BCUT2D eigenvalue weighted by molar-refractivity contribution is 0.318. The highest BCUT2D eigenvalue weighted by atomic mass is 79.9. The average molecular weight is 348 g/mol. The molecule has 0 aromatic heterocycles. The number of halogens is 1. The van der Waals surface area contributed by atoms with Crippen LogP contribution in [0.3, 0.4) is 0 Å². The summed E-state index contributed by atoms with van der Waals surface area (Å²) in [4.78, 5) is 0. The summed E-state index contributed by atoms with van der Waals surface area (Å²) < 4.78 is 1.15. The molecule has 2 aromatic rings. The number of aryl methyl sites for hydroxylation is 2. The third kappa shape index (κ3) is 3.76. The van der Waals surface area contributed by atoms with Crippen molar-refractivity contribution in [2.45, 2.75) is 20.4 Å². The number of nitrogens with one attached hydrogen (secondary N) is 1. The molecule has 21 heavy (non-hydrogen) atoms. The molecule has 2 aromatic carbocycles. The summed E-state index contributed by atoms with van der Waals surface area (Å²) in [6.07, 6.45) is 0. The van der Waals surface area contributed by atoms with Crippen molar-refractivity contribution in [1.82, 2.24) is 0 Å². The van der Waals surface area contributed by atoms with E-state index in [-0.39, 0.29) is 5.84 Å². The maximum Gasteiger partial charge on any atom is 0.170 e. The van der Waals surface area contributed by atoms with E-state index in [4.69, 9.17) is 10.9 Å². The van der Waals surface area contributed by atoms with Crippen LogP contribution in [-0.4, -0.2) is 11.0 Å². The SMILES string of the molecule is Cc1cc(NCc2ccc(/C(N)=N/O)cc2)cc(C)c1Br. The smallest absolute Gasteiger partial charge is 0.170 e. The molecule has 0 fully saturated rings. The fourth-order valence-corrected chi connectivity index (χ4v) is 2.33. The molecule has 0 saturated carbocycles. The van der Waals surface area contributed by atoms with Crippen LogP contribution in [0.15, 0.2) is 46.0 Å². The Kier molecular flexibility index (Phi) is 4.85. The van der Waals surface area contributed by atoms with Gasteiger partial charge in [-0.2, -0.15) is 0 Å². The van der Waals surface area contributed by atoms with Crippen LogP contribution in [-0.2, 0) is 6.54 Å². The number of nitrogens with two attached hydrogens (primary N) is 1. The summed E-state index contributed by atoms with van der Waals surface area (Å²) >= 11 is 3.57. The van der Waals surface area contributed by atoms with Crippen molar-refractivity contribution >= 4 is 27.5 Å². The minimum Gasteiger partial charge on any atom is -0.409 e. The normalized spacial score (nSPS) is 11.5. The highest BCUT2D eigenvalue weighted by Gasteiger charge is 2.03. The molecular weight excluding hydrogens is 330 g/mol. The van der Waals surface area contributed by atoms with Gasteiger partial charge in [0.2, 0.25) is 0 Å². The Bertz CT molecular complexity index is 643. The van der Waals surface area contributed by atoms with Gasteiger partial charge in [-0.05, 0) is 42.7 Å². The Morgan fingerprint density at radius 1 is 1.19 bits per heavy atom. The van der Waals surface area contributed by atoms with E-state index in [1.165, 1.54) is 11.1 Å². The van der Waals surface area contributed by atoms with Crippen LogP contribution in [0.25, 0.3) is 0 Å². The van der Waals surface area contributed by atoms with E-state index in [0.717, 1.165) is 22.3 Å². The molecule has 0 aliphatic carbocycles. The minimum atomic E-state index is 0.119. The summed E-state index contributed by atoms with van der Waals surface area (Å²) in [5.41, 5.74) is 10.9. The molecule has 0 bridgehead atoms.